The molecule has 0 atom stereocenters. The Hall–Kier alpha value is -2.02. The van der Waals surface area contributed by atoms with E-state index >= 15 is 0 Å². The zero-order valence-electron chi connectivity index (χ0n) is 9.72. The van der Waals surface area contributed by atoms with Crippen LogP contribution in [-0.4, -0.2) is 22.8 Å². The highest BCUT2D eigenvalue weighted by atomic mass is 32.2. The van der Waals surface area contributed by atoms with Crippen LogP contribution in [0.2, 0.25) is 0 Å². The van der Waals surface area contributed by atoms with Crippen LogP contribution in [0.3, 0.4) is 0 Å². The van der Waals surface area contributed by atoms with E-state index in [4.69, 9.17) is 16.9 Å². The number of aliphatic imine (C=N–C) groups is 1. The molecule has 0 fully saturated rings. The van der Waals surface area contributed by atoms with E-state index in [-0.39, 0.29) is 17.0 Å². The van der Waals surface area contributed by atoms with E-state index in [1.165, 1.54) is 0 Å². The molecule has 1 amide bonds. The quantitative estimate of drug-likeness (QED) is 0.479. The fraction of sp³-hybridized carbons (Fsp3) is 0.182. The maximum atomic E-state index is 11.5. The minimum Gasteiger partial charge on any atom is -0.370 e. The second-order valence-corrected chi connectivity index (χ2v) is 4.44. The summed E-state index contributed by atoms with van der Waals surface area (Å²) in [5.41, 5.74) is 11.0. The Balaban J connectivity index is 2.26. The van der Waals surface area contributed by atoms with E-state index in [2.05, 4.69) is 10.3 Å². The van der Waals surface area contributed by atoms with Crippen LogP contribution < -0.4 is 16.8 Å². The maximum absolute atomic E-state index is 11.5. The third kappa shape index (κ3) is 5.90. The third-order valence-electron chi connectivity index (χ3n) is 1.86. The standard InChI is InChI=1S/C11H15N5OS/c12-10(13)16-11(14)18-7-6-9(17)15-8-4-2-1-3-5-8/h1-5H,6-7H2,(H,15,17)(H5,12,13,14,16). The summed E-state index contributed by atoms with van der Waals surface area (Å²) in [6.45, 7) is 0. The average Bonchev–Trinajstić information content (AvgIpc) is 2.29. The lowest BCUT2D eigenvalue weighted by atomic mass is 10.3. The molecule has 0 aliphatic heterocycles. The minimum atomic E-state index is -0.152. The number of hydrogen-bond acceptors (Lipinski definition) is 3. The number of benzene rings is 1. The van der Waals surface area contributed by atoms with Gasteiger partial charge in [0.25, 0.3) is 0 Å². The highest BCUT2D eigenvalue weighted by molar-refractivity contribution is 8.13. The number of carbonyl (C=O) groups is 1. The van der Waals surface area contributed by atoms with Gasteiger partial charge in [0.05, 0.1) is 0 Å². The molecule has 96 valence electrons. The lowest BCUT2D eigenvalue weighted by molar-refractivity contribution is -0.115. The molecule has 1 aromatic rings. The third-order valence-corrected chi connectivity index (χ3v) is 2.63. The molecule has 7 heteroatoms. The summed E-state index contributed by atoms with van der Waals surface area (Å²) in [6, 6.07) is 9.19. The molecule has 0 bridgehead atoms. The molecule has 6 N–H and O–H groups in total. The van der Waals surface area contributed by atoms with Gasteiger partial charge in [-0.05, 0) is 12.1 Å². The molecule has 1 rings (SSSR count). The number of carbonyl (C=O) groups excluding carboxylic acids is 1. The summed E-state index contributed by atoms with van der Waals surface area (Å²) < 4.78 is 0. The molecule has 0 heterocycles. The molecule has 0 aromatic heterocycles. The summed E-state index contributed by atoms with van der Waals surface area (Å²) in [6.07, 6.45) is 0.294. The predicted molar refractivity (Wildman–Crippen MR) is 75.7 cm³/mol. The molecule has 0 unspecified atom stereocenters. The molecule has 0 saturated carbocycles. The molecule has 0 aliphatic carbocycles. The molecule has 0 spiro atoms. The number of nitrogens with one attached hydrogen (secondary N) is 2. The number of hydrogen-bond donors (Lipinski definition) is 4. The number of amidine groups is 1. The molecule has 1 aromatic carbocycles. The van der Waals surface area contributed by atoms with Crippen LogP contribution in [0.4, 0.5) is 5.69 Å². The van der Waals surface area contributed by atoms with Gasteiger partial charge in [0.15, 0.2) is 11.1 Å². The molecule has 6 nitrogen and oxygen atoms in total. The van der Waals surface area contributed by atoms with Crippen molar-refractivity contribution in [2.24, 2.45) is 16.5 Å². The fourth-order valence-corrected chi connectivity index (χ4v) is 1.79. The van der Waals surface area contributed by atoms with Gasteiger partial charge in [-0.25, -0.2) is 0 Å². The number of rotatable bonds is 4. The van der Waals surface area contributed by atoms with E-state index in [9.17, 15) is 4.79 Å². The Morgan fingerprint density at radius 3 is 2.61 bits per heavy atom. The molecule has 0 radical (unpaired) electrons. The number of amides is 1. The van der Waals surface area contributed by atoms with E-state index < -0.39 is 0 Å². The Morgan fingerprint density at radius 2 is 2.00 bits per heavy atom. The van der Waals surface area contributed by atoms with Crippen molar-refractivity contribution in [1.82, 2.24) is 0 Å². The maximum Gasteiger partial charge on any atom is 0.225 e. The van der Waals surface area contributed by atoms with E-state index in [0.29, 0.717) is 12.2 Å². The first-order chi connectivity index (χ1) is 8.58. The lowest BCUT2D eigenvalue weighted by Gasteiger charge is -2.04. The SMILES string of the molecule is N=C(N=C(N)N)SCCC(=O)Nc1ccccc1. The van der Waals surface area contributed by atoms with Crippen molar-refractivity contribution in [3.8, 4) is 0 Å². The number of thioether (sulfide) groups is 1. The Kier molecular flexibility index (Phi) is 5.72. The van der Waals surface area contributed by atoms with Gasteiger partial charge in [-0.3, -0.25) is 10.2 Å². The van der Waals surface area contributed by atoms with Gasteiger partial charge in [0.1, 0.15) is 0 Å². The van der Waals surface area contributed by atoms with Crippen LogP contribution >= 0.6 is 11.8 Å². The second kappa shape index (κ2) is 7.33. The van der Waals surface area contributed by atoms with Gasteiger partial charge in [-0.1, -0.05) is 30.0 Å². The molecule has 0 saturated heterocycles. The van der Waals surface area contributed by atoms with Crippen molar-refractivity contribution in [2.75, 3.05) is 11.1 Å². The van der Waals surface area contributed by atoms with Crippen LogP contribution in [-0.2, 0) is 4.79 Å². The Bertz CT molecular complexity index is 442. The van der Waals surface area contributed by atoms with E-state index in [1.54, 1.807) is 0 Å². The zero-order valence-corrected chi connectivity index (χ0v) is 10.5. The minimum absolute atomic E-state index is 0.00233. The summed E-state index contributed by atoms with van der Waals surface area (Å²) >= 11 is 1.12. The molecular formula is C11H15N5OS. The van der Waals surface area contributed by atoms with Crippen molar-refractivity contribution >= 4 is 34.5 Å². The van der Waals surface area contributed by atoms with Gasteiger partial charge >= 0.3 is 0 Å². The second-order valence-electron chi connectivity index (χ2n) is 3.35. The summed E-state index contributed by atoms with van der Waals surface area (Å²) in [5.74, 6) is 0.196. The summed E-state index contributed by atoms with van der Waals surface area (Å²) in [4.78, 5) is 15.1. The van der Waals surface area contributed by atoms with Gasteiger partial charge in [0, 0.05) is 17.9 Å². The van der Waals surface area contributed by atoms with Crippen LogP contribution in [0, 0.1) is 5.41 Å². The highest BCUT2D eigenvalue weighted by Gasteiger charge is 2.03. The largest absolute Gasteiger partial charge is 0.370 e. The number of nitrogens with two attached hydrogens (primary N) is 2. The fourth-order valence-electron chi connectivity index (χ4n) is 1.13. The first-order valence-corrected chi connectivity index (χ1v) is 6.22. The van der Waals surface area contributed by atoms with E-state index in [1.807, 2.05) is 30.3 Å². The van der Waals surface area contributed by atoms with Crippen molar-refractivity contribution in [1.29, 1.82) is 5.41 Å². The predicted octanol–water partition coefficient (Wildman–Crippen LogP) is 0.957. The van der Waals surface area contributed by atoms with Gasteiger partial charge in [0.2, 0.25) is 5.91 Å². The summed E-state index contributed by atoms with van der Waals surface area (Å²) in [5, 5.41) is 10.1. The number of guanidine groups is 1. The highest BCUT2D eigenvalue weighted by Crippen LogP contribution is 2.08. The monoisotopic (exact) mass is 265 g/mol. The Morgan fingerprint density at radius 1 is 1.33 bits per heavy atom. The van der Waals surface area contributed by atoms with Gasteiger partial charge in [-0.15, -0.1) is 0 Å². The first-order valence-electron chi connectivity index (χ1n) is 5.24. The van der Waals surface area contributed by atoms with Crippen LogP contribution in [0.25, 0.3) is 0 Å². The summed E-state index contributed by atoms with van der Waals surface area (Å²) in [7, 11) is 0. The van der Waals surface area contributed by atoms with Crippen LogP contribution in [0.15, 0.2) is 35.3 Å². The van der Waals surface area contributed by atoms with Crippen LogP contribution in [0.1, 0.15) is 6.42 Å². The zero-order chi connectivity index (χ0) is 13.4. The first kappa shape index (κ1) is 14.0. The molecule has 0 aliphatic rings. The van der Waals surface area contributed by atoms with Gasteiger partial charge in [-0.2, -0.15) is 4.99 Å². The van der Waals surface area contributed by atoms with Crippen molar-refractivity contribution in [2.45, 2.75) is 6.42 Å². The van der Waals surface area contributed by atoms with Crippen LogP contribution in [0.5, 0.6) is 0 Å². The van der Waals surface area contributed by atoms with E-state index in [0.717, 1.165) is 17.4 Å². The average molecular weight is 265 g/mol. The smallest absolute Gasteiger partial charge is 0.225 e. The molecular weight excluding hydrogens is 250 g/mol. The number of anilines is 1. The number of para-hydroxylation sites is 1. The van der Waals surface area contributed by atoms with Crippen molar-refractivity contribution in [3.05, 3.63) is 30.3 Å². The Labute approximate surface area is 109 Å². The van der Waals surface area contributed by atoms with Crippen molar-refractivity contribution in [3.63, 3.8) is 0 Å². The normalized spacial score (nSPS) is 9.56. The van der Waals surface area contributed by atoms with Gasteiger partial charge < -0.3 is 16.8 Å². The number of nitrogens with zero attached hydrogens (tertiary/aromatic N) is 1. The topological polar surface area (TPSA) is 117 Å². The molecule has 18 heavy (non-hydrogen) atoms. The lowest BCUT2D eigenvalue weighted by Crippen LogP contribution is -2.23. The van der Waals surface area contributed by atoms with Crippen molar-refractivity contribution < 1.29 is 4.79 Å².